The number of amides is 2. The van der Waals surface area contributed by atoms with Crippen molar-refractivity contribution in [3.05, 3.63) is 59.7 Å². The van der Waals surface area contributed by atoms with Crippen LogP contribution in [0.25, 0.3) is 0 Å². The first-order valence-electron chi connectivity index (χ1n) is 11.6. The molecular formula is C25H32N4O5S. The van der Waals surface area contributed by atoms with Crippen molar-refractivity contribution in [2.45, 2.75) is 45.1 Å². The Morgan fingerprint density at radius 2 is 1.80 bits per heavy atom. The largest absolute Gasteiger partial charge is 0.484 e. The number of ether oxygens (including phenoxy) is 1. The first-order valence-corrected chi connectivity index (χ1v) is 13.4. The zero-order chi connectivity index (χ0) is 25.3. The molecule has 9 nitrogen and oxygen atoms in total. The number of hydrazone groups is 1. The van der Waals surface area contributed by atoms with Crippen LogP contribution in [-0.2, 0) is 19.6 Å². The van der Waals surface area contributed by atoms with E-state index in [1.54, 1.807) is 42.5 Å². The van der Waals surface area contributed by atoms with E-state index < -0.39 is 22.5 Å². The van der Waals surface area contributed by atoms with Gasteiger partial charge in [-0.15, -0.1) is 0 Å². The number of anilines is 1. The average molecular weight is 501 g/mol. The van der Waals surface area contributed by atoms with Gasteiger partial charge in [-0.25, -0.2) is 13.8 Å². The van der Waals surface area contributed by atoms with Gasteiger partial charge in [0.2, 0.25) is 10.0 Å². The number of benzene rings is 2. The molecule has 2 N–H and O–H groups in total. The number of carbonyl (C=O) groups is 2. The molecule has 188 valence electrons. The SMILES string of the molecule is Cc1cccc(N(CC(=O)N/N=C\c2ccc(OCC(=O)NC3CCCCC3)cc2)S(C)(=O)=O)c1. The van der Waals surface area contributed by atoms with Crippen LogP contribution < -0.4 is 19.8 Å². The maximum absolute atomic E-state index is 12.3. The summed E-state index contributed by atoms with van der Waals surface area (Å²) in [5, 5.41) is 6.91. The summed E-state index contributed by atoms with van der Waals surface area (Å²) in [6, 6.07) is 14.0. The molecule has 1 aliphatic carbocycles. The Hall–Kier alpha value is -3.40. The second-order valence-corrected chi connectivity index (χ2v) is 10.6. The van der Waals surface area contributed by atoms with Crippen LogP contribution in [0.15, 0.2) is 53.6 Å². The fourth-order valence-corrected chi connectivity index (χ4v) is 4.69. The normalized spacial score (nSPS) is 14.5. The van der Waals surface area contributed by atoms with Gasteiger partial charge in [-0.2, -0.15) is 5.10 Å². The Kier molecular flexibility index (Phi) is 9.25. The number of nitrogens with zero attached hydrogens (tertiary/aromatic N) is 2. The average Bonchev–Trinajstić information content (AvgIpc) is 2.82. The molecule has 3 rings (SSSR count). The lowest BCUT2D eigenvalue weighted by Crippen LogP contribution is -2.39. The Balaban J connectivity index is 1.47. The third-order valence-corrected chi connectivity index (χ3v) is 6.74. The molecule has 1 fully saturated rings. The van der Waals surface area contributed by atoms with Crippen LogP contribution >= 0.6 is 0 Å². The molecule has 0 saturated heterocycles. The summed E-state index contributed by atoms with van der Waals surface area (Å²) >= 11 is 0. The fourth-order valence-electron chi connectivity index (χ4n) is 3.84. The summed E-state index contributed by atoms with van der Waals surface area (Å²) in [5.74, 6) is -0.150. The van der Waals surface area contributed by atoms with E-state index in [4.69, 9.17) is 4.74 Å². The number of sulfonamides is 1. The van der Waals surface area contributed by atoms with Crippen molar-refractivity contribution in [2.24, 2.45) is 5.10 Å². The molecule has 0 spiro atoms. The molecule has 2 aromatic carbocycles. The predicted octanol–water partition coefficient (Wildman–Crippen LogP) is 2.74. The number of rotatable bonds is 10. The molecule has 0 bridgehead atoms. The van der Waals surface area contributed by atoms with E-state index in [0.717, 1.165) is 41.8 Å². The van der Waals surface area contributed by atoms with Gasteiger partial charge in [0.15, 0.2) is 6.61 Å². The van der Waals surface area contributed by atoms with Crippen molar-refractivity contribution in [3.8, 4) is 5.75 Å². The zero-order valence-corrected chi connectivity index (χ0v) is 20.9. The molecule has 0 atom stereocenters. The number of hydrogen-bond donors (Lipinski definition) is 2. The number of hydrogen-bond acceptors (Lipinski definition) is 6. The van der Waals surface area contributed by atoms with Crippen LogP contribution in [0, 0.1) is 6.92 Å². The van der Waals surface area contributed by atoms with Gasteiger partial charge in [0.05, 0.1) is 18.2 Å². The lowest BCUT2D eigenvalue weighted by Gasteiger charge is -2.22. The smallest absolute Gasteiger partial charge is 0.260 e. The third-order valence-electron chi connectivity index (χ3n) is 5.60. The monoisotopic (exact) mass is 500 g/mol. The van der Waals surface area contributed by atoms with E-state index >= 15 is 0 Å². The highest BCUT2D eigenvalue weighted by Gasteiger charge is 2.20. The van der Waals surface area contributed by atoms with Crippen molar-refractivity contribution in [2.75, 3.05) is 23.7 Å². The summed E-state index contributed by atoms with van der Waals surface area (Å²) in [5.41, 5.74) is 4.34. The van der Waals surface area contributed by atoms with E-state index in [9.17, 15) is 18.0 Å². The van der Waals surface area contributed by atoms with Gasteiger partial charge in [-0.05, 0) is 67.3 Å². The van der Waals surface area contributed by atoms with E-state index in [1.165, 1.54) is 12.6 Å². The van der Waals surface area contributed by atoms with Crippen LogP contribution in [0.3, 0.4) is 0 Å². The maximum atomic E-state index is 12.3. The van der Waals surface area contributed by atoms with Crippen molar-refractivity contribution in [3.63, 3.8) is 0 Å². The molecule has 1 aliphatic rings. The van der Waals surface area contributed by atoms with Crippen LogP contribution in [0.2, 0.25) is 0 Å². The Morgan fingerprint density at radius 1 is 1.09 bits per heavy atom. The molecule has 0 aromatic heterocycles. The topological polar surface area (TPSA) is 117 Å². The fraction of sp³-hybridized carbons (Fsp3) is 0.400. The van der Waals surface area contributed by atoms with Gasteiger partial charge in [0, 0.05) is 6.04 Å². The lowest BCUT2D eigenvalue weighted by atomic mass is 9.95. The predicted molar refractivity (Wildman–Crippen MR) is 136 cm³/mol. The molecular weight excluding hydrogens is 468 g/mol. The summed E-state index contributed by atoms with van der Waals surface area (Å²) in [6.45, 7) is 1.41. The Bertz CT molecular complexity index is 1140. The summed E-state index contributed by atoms with van der Waals surface area (Å²) in [6.07, 6.45) is 8.07. The molecule has 10 heteroatoms. The number of nitrogens with one attached hydrogen (secondary N) is 2. The van der Waals surface area contributed by atoms with E-state index in [2.05, 4.69) is 15.8 Å². The van der Waals surface area contributed by atoms with E-state index in [1.807, 2.05) is 13.0 Å². The summed E-state index contributed by atoms with van der Waals surface area (Å²) < 4.78 is 30.9. The van der Waals surface area contributed by atoms with E-state index in [0.29, 0.717) is 17.0 Å². The molecule has 2 amide bonds. The highest BCUT2D eigenvalue weighted by molar-refractivity contribution is 7.92. The molecule has 1 saturated carbocycles. The minimum atomic E-state index is -3.65. The molecule has 35 heavy (non-hydrogen) atoms. The first-order chi connectivity index (χ1) is 16.7. The van der Waals surface area contributed by atoms with Gasteiger partial charge < -0.3 is 10.1 Å². The molecule has 0 heterocycles. The first kappa shape index (κ1) is 26.2. The van der Waals surface area contributed by atoms with Gasteiger partial charge in [0.25, 0.3) is 11.8 Å². The van der Waals surface area contributed by atoms with Gasteiger partial charge >= 0.3 is 0 Å². The standard InChI is InChI=1S/C25H32N4O5S/c1-19-7-6-10-22(15-19)29(35(2,32)33)17-24(30)28-26-16-20-11-13-23(14-12-20)34-18-25(31)27-21-8-4-3-5-9-21/h6-7,10-16,21H,3-5,8-9,17-18H2,1-2H3,(H,27,31)(H,28,30)/b26-16-. The van der Waals surface area contributed by atoms with Gasteiger partial charge in [-0.1, -0.05) is 31.4 Å². The van der Waals surface area contributed by atoms with Crippen LogP contribution in [-0.4, -0.2) is 51.9 Å². The highest BCUT2D eigenvalue weighted by atomic mass is 32.2. The van der Waals surface area contributed by atoms with Crippen LogP contribution in [0.5, 0.6) is 5.75 Å². The quantitative estimate of drug-likeness (QED) is 0.384. The lowest BCUT2D eigenvalue weighted by molar-refractivity contribution is -0.124. The second-order valence-electron chi connectivity index (χ2n) is 8.66. The van der Waals surface area contributed by atoms with Gasteiger partial charge in [-0.3, -0.25) is 13.9 Å². The zero-order valence-electron chi connectivity index (χ0n) is 20.1. The molecule has 0 radical (unpaired) electrons. The maximum Gasteiger partial charge on any atom is 0.260 e. The Labute approximate surface area is 206 Å². The Morgan fingerprint density at radius 3 is 2.46 bits per heavy atom. The second kappa shape index (κ2) is 12.3. The van der Waals surface area contributed by atoms with Crippen LogP contribution in [0.1, 0.15) is 43.2 Å². The van der Waals surface area contributed by atoms with Crippen molar-refractivity contribution < 1.29 is 22.7 Å². The van der Waals surface area contributed by atoms with E-state index in [-0.39, 0.29) is 18.6 Å². The minimum Gasteiger partial charge on any atom is -0.484 e. The molecule has 2 aromatic rings. The summed E-state index contributed by atoms with van der Waals surface area (Å²) in [4.78, 5) is 24.4. The van der Waals surface area contributed by atoms with Crippen molar-refractivity contribution in [1.82, 2.24) is 10.7 Å². The molecule has 0 aliphatic heterocycles. The van der Waals surface area contributed by atoms with Crippen molar-refractivity contribution >= 4 is 33.7 Å². The van der Waals surface area contributed by atoms with Crippen molar-refractivity contribution in [1.29, 1.82) is 0 Å². The summed E-state index contributed by atoms with van der Waals surface area (Å²) in [7, 11) is -3.65. The molecule has 0 unspecified atom stereocenters. The minimum absolute atomic E-state index is 0.0439. The van der Waals surface area contributed by atoms with Gasteiger partial charge in [0.1, 0.15) is 12.3 Å². The third kappa shape index (κ3) is 8.71. The highest BCUT2D eigenvalue weighted by Crippen LogP contribution is 2.19. The number of carbonyl (C=O) groups excluding carboxylic acids is 2. The van der Waals surface area contributed by atoms with Crippen LogP contribution in [0.4, 0.5) is 5.69 Å². The number of aryl methyl sites for hydroxylation is 1.